The molecule has 0 atom stereocenters. The second-order valence-corrected chi connectivity index (χ2v) is 7.04. The van der Waals surface area contributed by atoms with Crippen LogP contribution in [-0.2, 0) is 10.0 Å². The van der Waals surface area contributed by atoms with Crippen LogP contribution in [0.3, 0.4) is 0 Å². The molecule has 0 aliphatic rings. The second kappa shape index (κ2) is 6.51. The molecule has 1 heterocycles. The van der Waals surface area contributed by atoms with Gasteiger partial charge < -0.3 is 5.32 Å². The van der Waals surface area contributed by atoms with Crippen LogP contribution in [0.15, 0.2) is 36.5 Å². The Labute approximate surface area is 133 Å². The van der Waals surface area contributed by atoms with E-state index in [0.29, 0.717) is 21.4 Å². The number of nitrogens with one attached hydrogen (secondary N) is 2. The second-order valence-electron chi connectivity index (χ2n) is 4.19. The Morgan fingerprint density at radius 2 is 1.95 bits per heavy atom. The molecule has 1 aromatic heterocycles. The predicted molar refractivity (Wildman–Crippen MR) is 87.1 cm³/mol. The van der Waals surface area contributed by atoms with Crippen LogP contribution in [0.4, 0.5) is 17.2 Å². The van der Waals surface area contributed by atoms with E-state index in [0.717, 1.165) is 0 Å². The lowest BCUT2D eigenvalue weighted by molar-refractivity contribution is 0.602. The normalized spacial score (nSPS) is 11.2. The Balaban J connectivity index is 2.14. The number of pyridine rings is 1. The highest BCUT2D eigenvalue weighted by atomic mass is 35.5. The Bertz CT molecular complexity index is 734. The van der Waals surface area contributed by atoms with Crippen molar-refractivity contribution >= 4 is 50.4 Å². The highest BCUT2D eigenvalue weighted by Gasteiger charge is 2.08. The van der Waals surface area contributed by atoms with E-state index >= 15 is 0 Å². The zero-order chi connectivity index (χ0) is 15.5. The van der Waals surface area contributed by atoms with Gasteiger partial charge in [-0.1, -0.05) is 23.2 Å². The zero-order valence-corrected chi connectivity index (χ0v) is 13.4. The molecule has 0 amide bonds. The Morgan fingerprint density at radius 1 is 1.19 bits per heavy atom. The lowest BCUT2D eigenvalue weighted by Gasteiger charge is -2.10. The maximum atomic E-state index is 11.4. The molecular weight excluding hydrogens is 333 g/mol. The minimum Gasteiger partial charge on any atom is -0.353 e. The number of halogens is 2. The monoisotopic (exact) mass is 345 g/mol. The molecule has 0 radical (unpaired) electrons. The summed E-state index contributed by atoms with van der Waals surface area (Å²) >= 11 is 12.0. The summed E-state index contributed by atoms with van der Waals surface area (Å²) in [6.07, 6.45) is 1.50. The first-order chi connectivity index (χ1) is 9.89. The number of nitrogens with zero attached hydrogens (tertiary/aromatic N) is 1. The maximum Gasteiger partial charge on any atom is 0.233 e. The van der Waals surface area contributed by atoms with Crippen LogP contribution in [0, 0.1) is 0 Å². The first-order valence-electron chi connectivity index (χ1n) is 6.08. The molecule has 21 heavy (non-hydrogen) atoms. The van der Waals surface area contributed by atoms with Crippen LogP contribution in [0.25, 0.3) is 0 Å². The molecule has 2 rings (SSSR count). The van der Waals surface area contributed by atoms with Gasteiger partial charge in [0.1, 0.15) is 5.82 Å². The summed E-state index contributed by atoms with van der Waals surface area (Å²) in [6, 6.07) is 8.32. The lowest BCUT2D eigenvalue weighted by Crippen LogP contribution is -2.15. The third-order valence-corrected chi connectivity index (χ3v) is 4.46. The van der Waals surface area contributed by atoms with Crippen molar-refractivity contribution in [3.8, 4) is 0 Å². The van der Waals surface area contributed by atoms with Gasteiger partial charge in [-0.15, -0.1) is 0 Å². The minimum atomic E-state index is -3.33. The molecule has 0 spiro atoms. The van der Waals surface area contributed by atoms with E-state index in [1.54, 1.807) is 37.3 Å². The summed E-state index contributed by atoms with van der Waals surface area (Å²) in [6.45, 7) is 1.55. The highest BCUT2D eigenvalue weighted by molar-refractivity contribution is 7.92. The van der Waals surface area contributed by atoms with Crippen LogP contribution in [-0.4, -0.2) is 19.2 Å². The molecule has 0 unspecified atom stereocenters. The molecule has 0 aliphatic carbocycles. The average molecular weight is 346 g/mol. The van der Waals surface area contributed by atoms with Crippen LogP contribution < -0.4 is 10.0 Å². The predicted octanol–water partition coefficient (Wildman–Crippen LogP) is 3.89. The molecule has 2 aromatic rings. The summed E-state index contributed by atoms with van der Waals surface area (Å²) in [5.41, 5.74) is 1.31. The minimum absolute atomic E-state index is 0.00714. The SMILES string of the molecule is CCS(=O)(=O)Nc1ccc(Nc2cc(Cl)ccc2Cl)cn1. The quantitative estimate of drug-likeness (QED) is 0.862. The largest absolute Gasteiger partial charge is 0.353 e. The molecule has 2 N–H and O–H groups in total. The van der Waals surface area contributed by atoms with Gasteiger partial charge in [0.25, 0.3) is 0 Å². The van der Waals surface area contributed by atoms with Gasteiger partial charge in [0.05, 0.1) is 28.3 Å². The number of hydrogen-bond donors (Lipinski definition) is 2. The molecule has 0 saturated heterocycles. The molecule has 1 aromatic carbocycles. The number of benzene rings is 1. The van der Waals surface area contributed by atoms with Crippen LogP contribution in [0.5, 0.6) is 0 Å². The summed E-state index contributed by atoms with van der Waals surface area (Å²) in [7, 11) is -3.33. The molecule has 0 bridgehead atoms. The number of aromatic nitrogens is 1. The molecule has 112 valence electrons. The van der Waals surface area contributed by atoms with Crippen molar-refractivity contribution in [1.82, 2.24) is 4.98 Å². The van der Waals surface area contributed by atoms with E-state index in [9.17, 15) is 8.42 Å². The van der Waals surface area contributed by atoms with E-state index < -0.39 is 10.0 Å². The van der Waals surface area contributed by atoms with Crippen molar-refractivity contribution in [2.45, 2.75) is 6.92 Å². The fourth-order valence-corrected chi connectivity index (χ4v) is 2.43. The summed E-state index contributed by atoms with van der Waals surface area (Å²) in [4.78, 5) is 4.03. The van der Waals surface area contributed by atoms with Gasteiger partial charge >= 0.3 is 0 Å². The fourth-order valence-electron chi connectivity index (χ4n) is 1.51. The van der Waals surface area contributed by atoms with E-state index in [4.69, 9.17) is 23.2 Å². The van der Waals surface area contributed by atoms with Crippen LogP contribution in [0.2, 0.25) is 10.0 Å². The third kappa shape index (κ3) is 4.49. The fraction of sp³-hybridized carbons (Fsp3) is 0.154. The van der Waals surface area contributed by atoms with Crippen molar-refractivity contribution < 1.29 is 8.42 Å². The summed E-state index contributed by atoms with van der Waals surface area (Å²) < 4.78 is 25.2. The topological polar surface area (TPSA) is 71.1 Å². The van der Waals surface area contributed by atoms with Gasteiger partial charge in [0.15, 0.2) is 0 Å². The number of sulfonamides is 1. The van der Waals surface area contributed by atoms with Crippen LogP contribution in [0.1, 0.15) is 6.92 Å². The Morgan fingerprint density at radius 3 is 2.57 bits per heavy atom. The van der Waals surface area contributed by atoms with Crippen molar-refractivity contribution in [2.24, 2.45) is 0 Å². The summed E-state index contributed by atoms with van der Waals surface area (Å²) in [5.74, 6) is 0.256. The Kier molecular flexibility index (Phi) is 4.92. The van der Waals surface area contributed by atoms with Crippen molar-refractivity contribution in [2.75, 3.05) is 15.8 Å². The van der Waals surface area contributed by atoms with Crippen molar-refractivity contribution in [3.63, 3.8) is 0 Å². The van der Waals surface area contributed by atoms with Gasteiger partial charge in [-0.05, 0) is 37.3 Å². The average Bonchev–Trinajstić information content (AvgIpc) is 2.45. The number of anilines is 3. The van der Waals surface area contributed by atoms with E-state index in [2.05, 4.69) is 15.0 Å². The van der Waals surface area contributed by atoms with Crippen molar-refractivity contribution in [1.29, 1.82) is 0 Å². The van der Waals surface area contributed by atoms with Gasteiger partial charge in [0.2, 0.25) is 10.0 Å². The van der Waals surface area contributed by atoms with Gasteiger partial charge in [-0.3, -0.25) is 4.72 Å². The van der Waals surface area contributed by atoms with Gasteiger partial charge in [-0.2, -0.15) is 0 Å². The molecule has 0 aliphatic heterocycles. The van der Waals surface area contributed by atoms with Gasteiger partial charge in [-0.25, -0.2) is 13.4 Å². The number of rotatable bonds is 5. The van der Waals surface area contributed by atoms with Gasteiger partial charge in [0, 0.05) is 5.02 Å². The molecule has 8 heteroatoms. The molecule has 5 nitrogen and oxygen atoms in total. The smallest absolute Gasteiger partial charge is 0.233 e. The van der Waals surface area contributed by atoms with E-state index in [-0.39, 0.29) is 11.6 Å². The first kappa shape index (κ1) is 15.9. The number of hydrogen-bond acceptors (Lipinski definition) is 4. The Hall–Kier alpha value is -1.50. The lowest BCUT2D eigenvalue weighted by atomic mass is 10.3. The van der Waals surface area contributed by atoms with E-state index in [1.165, 1.54) is 6.20 Å². The van der Waals surface area contributed by atoms with E-state index in [1.807, 2.05) is 0 Å². The zero-order valence-electron chi connectivity index (χ0n) is 11.1. The molecular formula is C13H13Cl2N3O2S. The van der Waals surface area contributed by atoms with Crippen LogP contribution >= 0.6 is 23.2 Å². The molecule has 0 fully saturated rings. The summed E-state index contributed by atoms with van der Waals surface area (Å²) in [5, 5.41) is 4.14. The standard InChI is InChI=1S/C13H13Cl2N3O2S/c1-2-21(19,20)18-13-6-4-10(8-16-13)17-12-7-9(14)3-5-11(12)15/h3-8,17H,2H2,1H3,(H,16,18). The third-order valence-electron chi connectivity index (χ3n) is 2.61. The highest BCUT2D eigenvalue weighted by Crippen LogP contribution is 2.28. The molecule has 0 saturated carbocycles. The first-order valence-corrected chi connectivity index (χ1v) is 8.49. The maximum absolute atomic E-state index is 11.4. The van der Waals surface area contributed by atoms with Crippen molar-refractivity contribution in [3.05, 3.63) is 46.6 Å².